The van der Waals surface area contributed by atoms with Gasteiger partial charge in [0.05, 0.1) is 0 Å². The minimum absolute atomic E-state index is 0.146. The lowest BCUT2D eigenvalue weighted by atomic mass is 9.81. The lowest BCUT2D eigenvalue weighted by molar-refractivity contribution is 0.660. The topological polar surface area (TPSA) is 3.24 Å². The van der Waals surface area contributed by atoms with Crippen LogP contribution in [0.1, 0.15) is 55.5 Å². The smallest absolute Gasteiger partial charge is 0.0468 e. The predicted octanol–water partition coefficient (Wildman–Crippen LogP) is 18.5. The lowest BCUT2D eigenvalue weighted by Gasteiger charge is -2.30. The molecule has 11 aromatic carbocycles. The Morgan fingerprint density at radius 2 is 0.750 bits per heavy atom. The van der Waals surface area contributed by atoms with Crippen LogP contribution in [0.25, 0.3) is 88.0 Å². The van der Waals surface area contributed by atoms with Gasteiger partial charge in [0.15, 0.2) is 0 Å². The Labute approximate surface area is 399 Å². The summed E-state index contributed by atoms with van der Waals surface area (Å²) in [5, 5.41) is 7.52. The van der Waals surface area contributed by atoms with Crippen LogP contribution in [-0.2, 0) is 10.8 Å². The van der Waals surface area contributed by atoms with E-state index in [1.807, 2.05) is 0 Å². The summed E-state index contributed by atoms with van der Waals surface area (Å²) >= 11 is 0. The average molecular weight is 870 g/mol. The van der Waals surface area contributed by atoms with Crippen molar-refractivity contribution in [3.63, 3.8) is 0 Å². The van der Waals surface area contributed by atoms with E-state index < -0.39 is 0 Å². The van der Waals surface area contributed by atoms with E-state index >= 15 is 0 Å². The van der Waals surface area contributed by atoms with Crippen molar-refractivity contribution in [2.45, 2.75) is 45.4 Å². The van der Waals surface area contributed by atoms with E-state index in [0.717, 1.165) is 17.1 Å². The maximum absolute atomic E-state index is 2.52. The van der Waals surface area contributed by atoms with Gasteiger partial charge in [-0.15, -0.1) is 0 Å². The second-order valence-corrected chi connectivity index (χ2v) is 20.1. The van der Waals surface area contributed by atoms with Crippen molar-refractivity contribution in [1.29, 1.82) is 0 Å². The number of fused-ring (bicyclic) bond motifs is 12. The van der Waals surface area contributed by atoms with Gasteiger partial charge in [-0.2, -0.15) is 0 Å². The Hall–Kier alpha value is -8.00. The summed E-state index contributed by atoms with van der Waals surface area (Å²) in [7, 11) is 0. The van der Waals surface area contributed by atoms with Gasteiger partial charge >= 0.3 is 0 Å². The molecule has 11 aromatic rings. The van der Waals surface area contributed by atoms with E-state index in [2.05, 4.69) is 258 Å². The second kappa shape index (κ2) is 15.0. The summed E-state index contributed by atoms with van der Waals surface area (Å²) in [6.07, 6.45) is 0. The number of nitrogens with zero attached hydrogens (tertiary/aromatic N) is 1. The van der Waals surface area contributed by atoms with Crippen molar-refractivity contribution in [2.75, 3.05) is 4.90 Å². The summed E-state index contributed by atoms with van der Waals surface area (Å²) in [6, 6.07) is 82.2. The number of benzene rings is 11. The number of hydrogen-bond acceptors (Lipinski definition) is 1. The van der Waals surface area contributed by atoms with E-state index in [-0.39, 0.29) is 10.8 Å². The first kappa shape index (κ1) is 40.3. The third kappa shape index (κ3) is 5.95. The third-order valence-corrected chi connectivity index (χ3v) is 15.5. The molecule has 2 aliphatic carbocycles. The van der Waals surface area contributed by atoms with Crippen molar-refractivity contribution in [1.82, 2.24) is 0 Å². The highest BCUT2D eigenvalue weighted by Gasteiger charge is 2.38. The molecule has 13 rings (SSSR count). The molecule has 324 valence electrons. The highest BCUT2D eigenvalue weighted by Crippen LogP contribution is 2.55. The quantitative estimate of drug-likeness (QED) is 0.151. The monoisotopic (exact) mass is 869 g/mol. The Kier molecular flexibility index (Phi) is 8.89. The lowest BCUT2D eigenvalue weighted by Crippen LogP contribution is -2.18. The van der Waals surface area contributed by atoms with E-state index in [4.69, 9.17) is 0 Å². The first-order chi connectivity index (χ1) is 33.2. The van der Waals surface area contributed by atoms with Crippen LogP contribution in [-0.4, -0.2) is 0 Å². The largest absolute Gasteiger partial charge is 0.310 e. The molecular formula is C67H51N. The van der Waals surface area contributed by atoms with E-state index in [9.17, 15) is 0 Å². The van der Waals surface area contributed by atoms with Gasteiger partial charge in [0.2, 0.25) is 0 Å². The van der Waals surface area contributed by atoms with Crippen molar-refractivity contribution in [3.05, 3.63) is 246 Å². The predicted molar refractivity (Wildman–Crippen MR) is 290 cm³/mol. The fraction of sp³-hybridized carbons (Fsp3) is 0.104. The minimum Gasteiger partial charge on any atom is -0.310 e. The van der Waals surface area contributed by atoms with Crippen LogP contribution in [0.2, 0.25) is 0 Å². The fourth-order valence-electron chi connectivity index (χ4n) is 12.1. The van der Waals surface area contributed by atoms with Gasteiger partial charge in [0.25, 0.3) is 0 Å². The molecule has 0 aromatic heterocycles. The van der Waals surface area contributed by atoms with Gasteiger partial charge in [0, 0.05) is 27.9 Å². The van der Waals surface area contributed by atoms with Crippen LogP contribution in [0.15, 0.2) is 218 Å². The molecular weight excluding hydrogens is 819 g/mol. The maximum Gasteiger partial charge on any atom is 0.0468 e. The zero-order chi connectivity index (χ0) is 45.9. The number of aryl methyl sites for hydroxylation is 1. The molecule has 2 aliphatic rings. The van der Waals surface area contributed by atoms with E-state index in [0.29, 0.717) is 0 Å². The van der Waals surface area contributed by atoms with Crippen LogP contribution < -0.4 is 4.90 Å². The molecule has 0 saturated heterocycles. The molecule has 0 unspecified atom stereocenters. The van der Waals surface area contributed by atoms with Crippen LogP contribution in [0, 0.1) is 6.92 Å². The normalized spacial score (nSPS) is 13.9. The molecule has 0 saturated carbocycles. The van der Waals surface area contributed by atoms with E-state index in [1.54, 1.807) is 0 Å². The molecule has 0 radical (unpaired) electrons. The Morgan fingerprint density at radius 1 is 0.294 bits per heavy atom. The van der Waals surface area contributed by atoms with Gasteiger partial charge < -0.3 is 4.90 Å². The van der Waals surface area contributed by atoms with Crippen molar-refractivity contribution in [2.24, 2.45) is 0 Å². The van der Waals surface area contributed by atoms with Crippen molar-refractivity contribution in [3.8, 4) is 55.6 Å². The Balaban J connectivity index is 1.12. The summed E-state index contributed by atoms with van der Waals surface area (Å²) in [4.78, 5) is 2.52. The summed E-state index contributed by atoms with van der Waals surface area (Å²) in [5.74, 6) is 0. The molecule has 1 heteroatoms. The van der Waals surface area contributed by atoms with Crippen LogP contribution in [0.4, 0.5) is 17.1 Å². The molecule has 0 aliphatic heterocycles. The molecule has 0 fully saturated rings. The molecule has 68 heavy (non-hydrogen) atoms. The van der Waals surface area contributed by atoms with Gasteiger partial charge in [-0.3, -0.25) is 0 Å². The van der Waals surface area contributed by atoms with Crippen molar-refractivity contribution < 1.29 is 0 Å². The number of hydrogen-bond donors (Lipinski definition) is 0. The Morgan fingerprint density at radius 3 is 1.35 bits per heavy atom. The highest BCUT2D eigenvalue weighted by atomic mass is 15.1. The average Bonchev–Trinajstić information content (AvgIpc) is 3.75. The molecule has 0 heterocycles. The zero-order valence-corrected chi connectivity index (χ0v) is 39.2. The fourth-order valence-corrected chi connectivity index (χ4v) is 12.1. The van der Waals surface area contributed by atoms with E-state index in [1.165, 1.54) is 116 Å². The van der Waals surface area contributed by atoms with Crippen molar-refractivity contribution >= 4 is 49.4 Å². The number of rotatable bonds is 6. The van der Waals surface area contributed by atoms with Gasteiger partial charge in [-0.05, 0) is 160 Å². The second-order valence-electron chi connectivity index (χ2n) is 20.1. The molecule has 0 N–H and O–H groups in total. The third-order valence-electron chi connectivity index (χ3n) is 15.5. The summed E-state index contributed by atoms with van der Waals surface area (Å²) < 4.78 is 0. The van der Waals surface area contributed by atoms with Crippen LogP contribution >= 0.6 is 0 Å². The van der Waals surface area contributed by atoms with Gasteiger partial charge in [0.1, 0.15) is 0 Å². The first-order valence-electron chi connectivity index (χ1n) is 24.1. The number of anilines is 3. The van der Waals surface area contributed by atoms with Gasteiger partial charge in [-0.1, -0.05) is 209 Å². The van der Waals surface area contributed by atoms with Gasteiger partial charge in [-0.25, -0.2) is 0 Å². The highest BCUT2D eigenvalue weighted by molar-refractivity contribution is 6.33. The van der Waals surface area contributed by atoms with Crippen LogP contribution in [0.5, 0.6) is 0 Å². The van der Waals surface area contributed by atoms with Crippen LogP contribution in [0.3, 0.4) is 0 Å². The molecule has 0 atom stereocenters. The summed E-state index contributed by atoms with van der Waals surface area (Å²) in [5.41, 5.74) is 22.5. The molecule has 0 amide bonds. The maximum atomic E-state index is 2.52. The molecule has 1 nitrogen and oxygen atoms in total. The SMILES string of the molecule is Cc1ccc(-c2cc(-c3ccccc3)c(-c3ccccc3)c3c4ccc(N(c5ccc6c(c5)C(C)(C)c5ccccc5-6)c5ccc6c(c5)C(C)(C)c5ccccc5-6)cc4c4ccccc4c23)cc1. The zero-order valence-electron chi connectivity index (χ0n) is 39.2. The molecule has 0 bridgehead atoms. The first-order valence-corrected chi connectivity index (χ1v) is 24.1. The summed E-state index contributed by atoms with van der Waals surface area (Å²) in [6.45, 7) is 11.7. The Bertz CT molecular complexity index is 3730. The minimum atomic E-state index is -0.146. The standard InChI is InChI=1S/C67H51N/c1-42-28-30-44(31-29-42)57-41-56(43-18-8-6-9-19-43)63(45-20-10-7-11-21-45)65-55-37-34-46(38-58(55)49-22-12-13-25-54(49)64(57)65)68(47-32-35-52-50-23-14-16-26-59(50)66(2,3)61(52)39-47)48-33-36-53-51-24-15-17-27-60(51)67(4,5)62(53)40-48/h6-41H,1-5H3. The molecule has 0 spiro atoms.